The van der Waals surface area contributed by atoms with E-state index in [1.165, 1.54) is 19.2 Å². The number of hydrogen-bond donors (Lipinski definition) is 2. The molecular formula is C19H20F2N4O2S. The average Bonchev–Trinajstić information content (AvgIpc) is 3.10. The van der Waals surface area contributed by atoms with E-state index in [0.29, 0.717) is 22.5 Å². The van der Waals surface area contributed by atoms with Crippen molar-refractivity contribution in [3.8, 4) is 22.4 Å². The highest BCUT2D eigenvalue weighted by molar-refractivity contribution is 7.89. The molecule has 0 saturated heterocycles. The highest BCUT2D eigenvalue weighted by Gasteiger charge is 2.15. The summed E-state index contributed by atoms with van der Waals surface area (Å²) in [5.41, 5.74) is 2.56. The third-order valence-electron chi connectivity index (χ3n) is 4.27. The number of sulfonamides is 1. The van der Waals surface area contributed by atoms with Crippen LogP contribution in [0.4, 0.5) is 14.5 Å². The van der Waals surface area contributed by atoms with Crippen LogP contribution < -0.4 is 10.0 Å². The summed E-state index contributed by atoms with van der Waals surface area (Å²) in [5, 5.41) is 7.45. The van der Waals surface area contributed by atoms with E-state index >= 15 is 0 Å². The first-order valence-corrected chi connectivity index (χ1v) is 10.2. The quantitative estimate of drug-likeness (QED) is 0.633. The molecule has 0 aliphatic carbocycles. The number of halogens is 2. The van der Waals surface area contributed by atoms with Crippen LogP contribution in [0.5, 0.6) is 0 Å². The Bertz CT molecular complexity index is 1100. The summed E-state index contributed by atoms with van der Waals surface area (Å²) >= 11 is 0. The first kappa shape index (κ1) is 20.0. The van der Waals surface area contributed by atoms with Gasteiger partial charge >= 0.3 is 0 Å². The van der Waals surface area contributed by atoms with E-state index in [4.69, 9.17) is 0 Å². The molecule has 9 heteroatoms. The van der Waals surface area contributed by atoms with Crippen LogP contribution >= 0.6 is 0 Å². The van der Waals surface area contributed by atoms with E-state index in [-0.39, 0.29) is 17.9 Å². The van der Waals surface area contributed by atoms with E-state index in [2.05, 4.69) is 15.1 Å². The van der Waals surface area contributed by atoms with Gasteiger partial charge in [-0.05, 0) is 36.9 Å². The molecule has 0 bridgehead atoms. The highest BCUT2D eigenvalue weighted by atomic mass is 32.2. The van der Waals surface area contributed by atoms with Crippen LogP contribution in [0.2, 0.25) is 0 Å². The molecule has 3 aromatic rings. The van der Waals surface area contributed by atoms with Gasteiger partial charge in [-0.2, -0.15) is 5.10 Å². The molecule has 0 fully saturated rings. The van der Waals surface area contributed by atoms with Crippen LogP contribution in [0.1, 0.15) is 0 Å². The monoisotopic (exact) mass is 406 g/mol. The second-order valence-electron chi connectivity index (χ2n) is 6.19. The van der Waals surface area contributed by atoms with Gasteiger partial charge in [0.1, 0.15) is 0 Å². The van der Waals surface area contributed by atoms with Gasteiger partial charge in [-0.1, -0.05) is 18.2 Å². The zero-order chi connectivity index (χ0) is 20.3. The second-order valence-corrected chi connectivity index (χ2v) is 8.23. The maximum absolute atomic E-state index is 14.2. The minimum atomic E-state index is -3.35. The lowest BCUT2D eigenvalue weighted by Crippen LogP contribution is -2.26. The fourth-order valence-electron chi connectivity index (χ4n) is 2.79. The van der Waals surface area contributed by atoms with Gasteiger partial charge in [0.15, 0.2) is 11.6 Å². The molecule has 0 aliphatic rings. The molecule has 1 aromatic heterocycles. The Labute approximate surface area is 162 Å². The number of nitrogens with zero attached hydrogens (tertiary/aromatic N) is 2. The Morgan fingerprint density at radius 3 is 2.57 bits per heavy atom. The van der Waals surface area contributed by atoms with Crippen molar-refractivity contribution in [3.63, 3.8) is 0 Å². The smallest absolute Gasteiger partial charge is 0.213 e. The van der Waals surface area contributed by atoms with Crippen LogP contribution in [0.3, 0.4) is 0 Å². The summed E-state index contributed by atoms with van der Waals surface area (Å²) in [5.74, 6) is -1.95. The van der Waals surface area contributed by atoms with Crippen molar-refractivity contribution in [2.75, 3.05) is 24.7 Å². The molecule has 2 N–H and O–H groups in total. The van der Waals surface area contributed by atoms with Gasteiger partial charge in [-0.15, -0.1) is 0 Å². The second kappa shape index (κ2) is 8.07. The van der Waals surface area contributed by atoms with Crippen molar-refractivity contribution in [2.45, 2.75) is 0 Å². The molecule has 3 rings (SSSR count). The van der Waals surface area contributed by atoms with E-state index < -0.39 is 21.7 Å². The van der Waals surface area contributed by atoms with Crippen molar-refractivity contribution < 1.29 is 17.2 Å². The Kier molecular flexibility index (Phi) is 5.76. The fourth-order valence-corrected chi connectivity index (χ4v) is 3.36. The number of aryl methyl sites for hydroxylation is 1. The highest BCUT2D eigenvalue weighted by Crippen LogP contribution is 2.33. The molecule has 2 aromatic carbocycles. The zero-order valence-corrected chi connectivity index (χ0v) is 16.2. The summed E-state index contributed by atoms with van der Waals surface area (Å²) in [7, 11) is -0.220. The van der Waals surface area contributed by atoms with Gasteiger partial charge in [-0.3, -0.25) is 4.68 Å². The maximum Gasteiger partial charge on any atom is 0.213 e. The Hall–Kier alpha value is -2.78. The topological polar surface area (TPSA) is 76.0 Å². The van der Waals surface area contributed by atoms with Crippen molar-refractivity contribution >= 4 is 15.7 Å². The fraction of sp³-hybridized carbons (Fsp3) is 0.211. The van der Waals surface area contributed by atoms with Crippen LogP contribution in [-0.2, 0) is 17.1 Å². The first-order chi connectivity index (χ1) is 13.3. The van der Waals surface area contributed by atoms with Crippen LogP contribution in [0.25, 0.3) is 22.4 Å². The average molecular weight is 406 g/mol. The minimum Gasteiger partial charge on any atom is -0.383 e. The molecule has 1 heterocycles. The van der Waals surface area contributed by atoms with Crippen LogP contribution in [0, 0.1) is 11.6 Å². The maximum atomic E-state index is 14.2. The molecular weight excluding hydrogens is 386 g/mol. The van der Waals surface area contributed by atoms with Gasteiger partial charge in [0.2, 0.25) is 10.0 Å². The lowest BCUT2D eigenvalue weighted by molar-refractivity contribution is 0.511. The summed E-state index contributed by atoms with van der Waals surface area (Å²) in [6, 6.07) is 10.9. The third kappa shape index (κ3) is 4.37. The molecule has 0 radical (unpaired) electrons. The van der Waals surface area contributed by atoms with E-state index in [1.54, 1.807) is 42.2 Å². The summed E-state index contributed by atoms with van der Waals surface area (Å²) in [6.07, 6.45) is 1.76. The van der Waals surface area contributed by atoms with Gasteiger partial charge in [0.05, 0.1) is 11.4 Å². The molecule has 0 spiro atoms. The molecule has 0 unspecified atom stereocenters. The van der Waals surface area contributed by atoms with Crippen LogP contribution in [0.15, 0.2) is 48.7 Å². The SMILES string of the molecule is CNS(=O)(=O)CCNc1ccc(-c2cccc(F)c2F)cc1-c1ccn(C)n1. The van der Waals surface area contributed by atoms with Gasteiger partial charge in [0, 0.05) is 36.6 Å². The first-order valence-electron chi connectivity index (χ1n) is 8.54. The molecule has 148 valence electrons. The van der Waals surface area contributed by atoms with Gasteiger partial charge in [0.25, 0.3) is 0 Å². The Morgan fingerprint density at radius 1 is 1.11 bits per heavy atom. The zero-order valence-electron chi connectivity index (χ0n) is 15.4. The van der Waals surface area contributed by atoms with E-state index in [0.717, 1.165) is 6.07 Å². The lowest BCUT2D eigenvalue weighted by Gasteiger charge is -2.13. The number of hydrogen-bond acceptors (Lipinski definition) is 4. The van der Waals surface area contributed by atoms with E-state index in [9.17, 15) is 17.2 Å². The molecule has 6 nitrogen and oxygen atoms in total. The largest absolute Gasteiger partial charge is 0.383 e. The Balaban J connectivity index is 1.99. The number of nitrogens with one attached hydrogen (secondary N) is 2. The molecule has 28 heavy (non-hydrogen) atoms. The predicted octanol–water partition coefficient (Wildman–Crippen LogP) is 2.99. The van der Waals surface area contributed by atoms with Crippen molar-refractivity contribution in [1.29, 1.82) is 0 Å². The standard InChI is InChI=1S/C19H20F2N4O2S/c1-22-28(26,27)11-9-23-17-7-6-13(14-4-3-5-16(20)19(14)21)12-15(17)18-8-10-25(2)24-18/h3-8,10,12,22-23H,9,11H2,1-2H3. The summed E-state index contributed by atoms with van der Waals surface area (Å²) < 4.78 is 54.9. The third-order valence-corrected chi connectivity index (χ3v) is 5.63. The lowest BCUT2D eigenvalue weighted by atomic mass is 9.99. The van der Waals surface area contributed by atoms with E-state index in [1.807, 2.05) is 0 Å². The van der Waals surface area contributed by atoms with Crippen molar-refractivity contribution in [2.24, 2.45) is 7.05 Å². The molecule has 0 saturated carbocycles. The minimum absolute atomic E-state index is 0.106. The summed E-state index contributed by atoms with van der Waals surface area (Å²) in [4.78, 5) is 0. The van der Waals surface area contributed by atoms with Crippen molar-refractivity contribution in [1.82, 2.24) is 14.5 Å². The molecule has 0 atom stereocenters. The number of rotatable bonds is 7. The normalized spacial score (nSPS) is 11.6. The predicted molar refractivity (Wildman–Crippen MR) is 105 cm³/mol. The Morgan fingerprint density at radius 2 is 1.89 bits per heavy atom. The molecule has 0 aliphatic heterocycles. The number of benzene rings is 2. The number of aromatic nitrogens is 2. The van der Waals surface area contributed by atoms with Crippen molar-refractivity contribution in [3.05, 3.63) is 60.3 Å². The molecule has 0 amide bonds. The number of anilines is 1. The van der Waals surface area contributed by atoms with Gasteiger partial charge in [-0.25, -0.2) is 21.9 Å². The summed E-state index contributed by atoms with van der Waals surface area (Å²) in [6.45, 7) is 0.177. The van der Waals surface area contributed by atoms with Crippen LogP contribution in [-0.4, -0.2) is 37.5 Å². The van der Waals surface area contributed by atoms with Gasteiger partial charge < -0.3 is 5.32 Å².